The Hall–Kier alpha value is -3.85. The van der Waals surface area contributed by atoms with Crippen molar-refractivity contribution < 1.29 is 4.79 Å². The van der Waals surface area contributed by atoms with Crippen molar-refractivity contribution in [3.8, 4) is 6.07 Å². The van der Waals surface area contributed by atoms with Gasteiger partial charge in [-0.3, -0.25) is 4.79 Å². The molecule has 0 aliphatic carbocycles. The third-order valence-corrected chi connectivity index (χ3v) is 4.50. The molecule has 0 unspecified atom stereocenters. The van der Waals surface area contributed by atoms with Gasteiger partial charge in [0.1, 0.15) is 11.8 Å². The largest absolute Gasteiger partial charge is 0.342 e. The molecule has 0 spiro atoms. The maximum atomic E-state index is 12.4. The van der Waals surface area contributed by atoms with Crippen LogP contribution in [0.15, 0.2) is 67.3 Å². The van der Waals surface area contributed by atoms with Crippen molar-refractivity contribution in [1.29, 1.82) is 5.26 Å². The van der Waals surface area contributed by atoms with E-state index in [9.17, 15) is 10.1 Å². The van der Waals surface area contributed by atoms with Crippen molar-refractivity contribution >= 4 is 22.5 Å². The number of hydrogen-bond donors (Lipinski definition) is 1. The summed E-state index contributed by atoms with van der Waals surface area (Å²) in [6.45, 7) is 0.680. The second-order valence-electron chi connectivity index (χ2n) is 6.34. The predicted molar refractivity (Wildman–Crippen MR) is 103 cm³/mol. The van der Waals surface area contributed by atoms with Gasteiger partial charge in [-0.05, 0) is 23.8 Å². The molecule has 132 valence electrons. The van der Waals surface area contributed by atoms with Crippen LogP contribution in [0.2, 0.25) is 0 Å². The van der Waals surface area contributed by atoms with E-state index in [1.807, 2.05) is 42.6 Å². The molecular weight excluding hydrogens is 338 g/mol. The number of fused-ring (bicyclic) bond motifs is 1. The SMILES string of the molecule is Cn1cncc1C(=O)Nc1ccc2c(c1)c(C#N)cn2Cc1ccccc1. The minimum absolute atomic E-state index is 0.239. The van der Waals surface area contributed by atoms with Crippen LogP contribution in [0, 0.1) is 11.3 Å². The highest BCUT2D eigenvalue weighted by Gasteiger charge is 2.13. The fourth-order valence-electron chi connectivity index (χ4n) is 3.15. The molecule has 4 rings (SSSR count). The highest BCUT2D eigenvalue weighted by atomic mass is 16.2. The van der Waals surface area contributed by atoms with Gasteiger partial charge in [0.25, 0.3) is 5.91 Å². The standard InChI is InChI=1S/C21H17N5O/c1-25-14-23-11-20(25)21(27)24-17-7-8-19-18(9-17)16(10-22)13-26(19)12-15-5-3-2-4-6-15/h2-9,11,13-14H,12H2,1H3,(H,24,27). The van der Waals surface area contributed by atoms with Gasteiger partial charge in [0.2, 0.25) is 0 Å². The van der Waals surface area contributed by atoms with Gasteiger partial charge in [-0.15, -0.1) is 0 Å². The lowest BCUT2D eigenvalue weighted by Crippen LogP contribution is -2.15. The van der Waals surface area contributed by atoms with Crippen LogP contribution in [0.25, 0.3) is 10.9 Å². The van der Waals surface area contributed by atoms with E-state index in [1.54, 1.807) is 17.9 Å². The summed E-state index contributed by atoms with van der Waals surface area (Å²) in [5, 5.41) is 13.2. The zero-order valence-electron chi connectivity index (χ0n) is 14.8. The number of hydrogen-bond acceptors (Lipinski definition) is 3. The van der Waals surface area contributed by atoms with E-state index in [0.29, 0.717) is 23.5 Å². The molecule has 0 bridgehead atoms. The summed E-state index contributed by atoms with van der Waals surface area (Å²) in [6.07, 6.45) is 4.95. The molecule has 0 aliphatic heterocycles. The number of nitriles is 1. The summed E-state index contributed by atoms with van der Waals surface area (Å²) in [6, 6.07) is 17.9. The third kappa shape index (κ3) is 3.18. The van der Waals surface area contributed by atoms with Crippen molar-refractivity contribution in [3.05, 3.63) is 84.1 Å². The van der Waals surface area contributed by atoms with Gasteiger partial charge in [0.15, 0.2) is 0 Å². The number of nitrogens with zero attached hydrogens (tertiary/aromatic N) is 4. The zero-order valence-corrected chi connectivity index (χ0v) is 14.8. The number of carbonyl (C=O) groups excluding carboxylic acids is 1. The first kappa shape index (κ1) is 16.6. The average Bonchev–Trinajstić information content (AvgIpc) is 3.26. The molecule has 2 aromatic heterocycles. The maximum Gasteiger partial charge on any atom is 0.273 e. The topological polar surface area (TPSA) is 75.6 Å². The number of carbonyl (C=O) groups is 1. The van der Waals surface area contributed by atoms with E-state index in [0.717, 1.165) is 16.5 Å². The molecule has 6 nitrogen and oxygen atoms in total. The first-order valence-electron chi connectivity index (χ1n) is 8.50. The number of amides is 1. The fourth-order valence-corrected chi connectivity index (χ4v) is 3.15. The van der Waals surface area contributed by atoms with Crippen LogP contribution in [0.1, 0.15) is 21.6 Å². The predicted octanol–water partition coefficient (Wildman–Crippen LogP) is 3.55. The molecular formula is C21H17N5O. The van der Waals surface area contributed by atoms with E-state index >= 15 is 0 Å². The van der Waals surface area contributed by atoms with Gasteiger partial charge < -0.3 is 14.5 Å². The Morgan fingerprint density at radius 1 is 1.22 bits per heavy atom. The molecule has 4 aromatic rings. The Morgan fingerprint density at radius 3 is 2.74 bits per heavy atom. The van der Waals surface area contributed by atoms with Gasteiger partial charge in [-0.2, -0.15) is 5.26 Å². The van der Waals surface area contributed by atoms with Crippen molar-refractivity contribution in [2.45, 2.75) is 6.54 Å². The van der Waals surface area contributed by atoms with Gasteiger partial charge >= 0.3 is 0 Å². The number of benzene rings is 2. The number of aryl methyl sites for hydroxylation is 1. The van der Waals surface area contributed by atoms with Gasteiger partial charge in [0, 0.05) is 36.4 Å². The average molecular weight is 355 g/mol. The van der Waals surface area contributed by atoms with Crippen LogP contribution in [-0.4, -0.2) is 20.0 Å². The summed E-state index contributed by atoms with van der Waals surface area (Å²) >= 11 is 0. The molecule has 2 heterocycles. The molecule has 27 heavy (non-hydrogen) atoms. The molecule has 2 aromatic carbocycles. The lowest BCUT2D eigenvalue weighted by Gasteiger charge is -2.08. The normalized spacial score (nSPS) is 10.7. The Labute approximate surface area is 156 Å². The van der Waals surface area contributed by atoms with Crippen LogP contribution in [0.4, 0.5) is 5.69 Å². The molecule has 6 heteroatoms. The van der Waals surface area contributed by atoms with E-state index in [-0.39, 0.29) is 5.91 Å². The highest BCUT2D eigenvalue weighted by Crippen LogP contribution is 2.25. The van der Waals surface area contributed by atoms with E-state index < -0.39 is 0 Å². The van der Waals surface area contributed by atoms with Crippen molar-refractivity contribution in [3.63, 3.8) is 0 Å². The van der Waals surface area contributed by atoms with Crippen molar-refractivity contribution in [1.82, 2.24) is 14.1 Å². The smallest absolute Gasteiger partial charge is 0.273 e. The summed E-state index contributed by atoms with van der Waals surface area (Å²) in [7, 11) is 1.77. The van der Waals surface area contributed by atoms with Crippen LogP contribution in [0.3, 0.4) is 0 Å². The number of aromatic nitrogens is 3. The summed E-state index contributed by atoms with van der Waals surface area (Å²) in [4.78, 5) is 16.4. The lowest BCUT2D eigenvalue weighted by atomic mass is 10.1. The minimum atomic E-state index is -0.239. The second-order valence-corrected chi connectivity index (χ2v) is 6.34. The summed E-state index contributed by atoms with van der Waals surface area (Å²) in [5.74, 6) is -0.239. The molecule has 0 saturated heterocycles. The zero-order chi connectivity index (χ0) is 18.8. The molecule has 0 aliphatic rings. The molecule has 0 atom stereocenters. The van der Waals surface area contributed by atoms with E-state index in [1.165, 1.54) is 6.20 Å². The van der Waals surface area contributed by atoms with Crippen LogP contribution >= 0.6 is 0 Å². The summed E-state index contributed by atoms with van der Waals surface area (Å²) in [5.41, 5.74) is 3.80. The molecule has 1 amide bonds. The number of imidazole rings is 1. The Bertz CT molecular complexity index is 1160. The minimum Gasteiger partial charge on any atom is -0.342 e. The van der Waals surface area contributed by atoms with Crippen molar-refractivity contribution in [2.24, 2.45) is 7.05 Å². The first-order chi connectivity index (χ1) is 13.2. The maximum absolute atomic E-state index is 12.4. The Balaban J connectivity index is 1.67. The number of anilines is 1. The Kier molecular flexibility index (Phi) is 4.19. The Morgan fingerprint density at radius 2 is 2.04 bits per heavy atom. The summed E-state index contributed by atoms with van der Waals surface area (Å²) < 4.78 is 3.71. The molecule has 0 saturated carbocycles. The first-order valence-corrected chi connectivity index (χ1v) is 8.50. The quantitative estimate of drug-likeness (QED) is 0.608. The van der Waals surface area contributed by atoms with Gasteiger partial charge in [-0.25, -0.2) is 4.98 Å². The molecule has 0 radical (unpaired) electrons. The third-order valence-electron chi connectivity index (χ3n) is 4.50. The van der Waals surface area contributed by atoms with E-state index in [4.69, 9.17) is 0 Å². The van der Waals surface area contributed by atoms with Crippen LogP contribution < -0.4 is 5.32 Å². The molecule has 1 N–H and O–H groups in total. The van der Waals surface area contributed by atoms with Gasteiger partial charge in [-0.1, -0.05) is 30.3 Å². The van der Waals surface area contributed by atoms with Crippen LogP contribution in [0.5, 0.6) is 0 Å². The van der Waals surface area contributed by atoms with E-state index in [2.05, 4.69) is 33.1 Å². The van der Waals surface area contributed by atoms with Crippen LogP contribution in [-0.2, 0) is 13.6 Å². The van der Waals surface area contributed by atoms with Gasteiger partial charge in [0.05, 0.1) is 18.1 Å². The fraction of sp³-hybridized carbons (Fsp3) is 0.0952. The highest BCUT2D eigenvalue weighted by molar-refractivity contribution is 6.04. The lowest BCUT2D eigenvalue weighted by molar-refractivity contribution is 0.101. The second kappa shape index (κ2) is 6.81. The number of nitrogens with one attached hydrogen (secondary N) is 1. The molecule has 0 fully saturated rings. The monoisotopic (exact) mass is 355 g/mol. The van der Waals surface area contributed by atoms with Crippen molar-refractivity contribution in [2.75, 3.05) is 5.32 Å². The number of rotatable bonds is 4.